The molecular formula is C16H25NO2. The molecule has 1 fully saturated rings. The number of likely N-dealkylation sites (tertiary alicyclic amines) is 1. The van der Waals surface area contributed by atoms with Crippen LogP contribution in [0.25, 0.3) is 0 Å². The van der Waals surface area contributed by atoms with E-state index in [-0.39, 0.29) is 0 Å². The summed E-state index contributed by atoms with van der Waals surface area (Å²) in [6.07, 6.45) is 2.68. The maximum atomic E-state index is 5.85. The Labute approximate surface area is 116 Å². The topological polar surface area (TPSA) is 21.7 Å². The second-order valence-corrected chi connectivity index (χ2v) is 5.55. The predicted octanol–water partition coefficient (Wildman–Crippen LogP) is 3.11. The van der Waals surface area contributed by atoms with Crippen molar-refractivity contribution in [2.24, 2.45) is 5.92 Å². The molecular weight excluding hydrogens is 238 g/mol. The number of hydrogen-bond donors (Lipinski definition) is 0. The van der Waals surface area contributed by atoms with Crippen LogP contribution in [0.3, 0.4) is 0 Å². The van der Waals surface area contributed by atoms with Gasteiger partial charge >= 0.3 is 0 Å². The maximum absolute atomic E-state index is 5.85. The molecule has 2 rings (SSSR count). The van der Waals surface area contributed by atoms with Gasteiger partial charge in [-0.3, -0.25) is 4.90 Å². The zero-order chi connectivity index (χ0) is 13.7. The minimum atomic E-state index is 0.728. The minimum absolute atomic E-state index is 0.728. The first-order valence-corrected chi connectivity index (χ1v) is 7.19. The minimum Gasteiger partial charge on any atom is -0.493 e. The fourth-order valence-corrected chi connectivity index (χ4v) is 2.67. The molecule has 19 heavy (non-hydrogen) atoms. The Morgan fingerprint density at radius 3 is 2.89 bits per heavy atom. The van der Waals surface area contributed by atoms with Crippen LogP contribution in [0.2, 0.25) is 0 Å². The van der Waals surface area contributed by atoms with E-state index >= 15 is 0 Å². The van der Waals surface area contributed by atoms with Crippen LogP contribution in [0.1, 0.15) is 25.3 Å². The molecule has 0 aromatic heterocycles. The second-order valence-electron chi connectivity index (χ2n) is 5.55. The molecule has 0 radical (unpaired) electrons. The molecule has 1 aliphatic rings. The summed E-state index contributed by atoms with van der Waals surface area (Å²) in [5.41, 5.74) is 1.19. The van der Waals surface area contributed by atoms with Gasteiger partial charge in [-0.2, -0.15) is 0 Å². The monoisotopic (exact) mass is 263 g/mol. The third-order valence-electron chi connectivity index (χ3n) is 3.73. The summed E-state index contributed by atoms with van der Waals surface area (Å²) in [6.45, 7) is 8.53. The van der Waals surface area contributed by atoms with Gasteiger partial charge in [0, 0.05) is 13.1 Å². The van der Waals surface area contributed by atoms with Crippen LogP contribution < -0.4 is 9.47 Å². The molecule has 0 bridgehead atoms. The number of aryl methyl sites for hydroxylation is 1. The lowest BCUT2D eigenvalue weighted by Gasteiger charge is -2.30. The van der Waals surface area contributed by atoms with Crippen LogP contribution in [0.5, 0.6) is 11.5 Å². The molecule has 0 spiro atoms. The largest absolute Gasteiger partial charge is 0.493 e. The van der Waals surface area contributed by atoms with Gasteiger partial charge in [-0.1, -0.05) is 13.0 Å². The SMILES string of the molecule is COc1cc(C)ccc1OCCN1CCCC(C)C1. The molecule has 1 aliphatic heterocycles. The molecule has 0 aliphatic carbocycles. The van der Waals surface area contributed by atoms with Crippen LogP contribution in [0, 0.1) is 12.8 Å². The summed E-state index contributed by atoms with van der Waals surface area (Å²) in [6, 6.07) is 6.06. The molecule has 1 aromatic rings. The number of hydrogen-bond acceptors (Lipinski definition) is 3. The zero-order valence-electron chi connectivity index (χ0n) is 12.3. The number of rotatable bonds is 5. The molecule has 0 amide bonds. The fraction of sp³-hybridized carbons (Fsp3) is 0.625. The third kappa shape index (κ3) is 4.13. The Morgan fingerprint density at radius 2 is 2.16 bits per heavy atom. The van der Waals surface area contributed by atoms with Gasteiger partial charge in [0.25, 0.3) is 0 Å². The molecule has 1 heterocycles. The van der Waals surface area contributed by atoms with Gasteiger partial charge in [-0.25, -0.2) is 0 Å². The lowest BCUT2D eigenvalue weighted by molar-refractivity contribution is 0.152. The van der Waals surface area contributed by atoms with Gasteiger partial charge in [0.15, 0.2) is 11.5 Å². The van der Waals surface area contributed by atoms with Crippen molar-refractivity contribution in [2.75, 3.05) is 33.4 Å². The van der Waals surface area contributed by atoms with E-state index in [0.29, 0.717) is 0 Å². The molecule has 0 N–H and O–H groups in total. The first kappa shape index (κ1) is 14.2. The van der Waals surface area contributed by atoms with Crippen LogP contribution in [0.4, 0.5) is 0 Å². The molecule has 106 valence electrons. The predicted molar refractivity (Wildman–Crippen MR) is 78.1 cm³/mol. The molecule has 1 saturated heterocycles. The standard InChI is InChI=1S/C16H25NO2/c1-13-6-7-15(16(11-13)18-3)19-10-9-17-8-4-5-14(2)12-17/h6-7,11,14H,4-5,8-10,12H2,1-3H3. The second kappa shape index (κ2) is 6.80. The number of methoxy groups -OCH3 is 1. The zero-order valence-corrected chi connectivity index (χ0v) is 12.3. The van der Waals surface area contributed by atoms with E-state index in [0.717, 1.165) is 30.6 Å². The van der Waals surface area contributed by atoms with E-state index in [1.807, 2.05) is 12.1 Å². The van der Waals surface area contributed by atoms with E-state index in [9.17, 15) is 0 Å². The van der Waals surface area contributed by atoms with Crippen LogP contribution in [0.15, 0.2) is 18.2 Å². The highest BCUT2D eigenvalue weighted by Gasteiger charge is 2.15. The first-order chi connectivity index (χ1) is 9.19. The van der Waals surface area contributed by atoms with E-state index < -0.39 is 0 Å². The molecule has 0 saturated carbocycles. The average molecular weight is 263 g/mol. The number of benzene rings is 1. The molecule has 3 heteroatoms. The Hall–Kier alpha value is -1.22. The van der Waals surface area contributed by atoms with Crippen molar-refractivity contribution in [1.82, 2.24) is 4.90 Å². The summed E-state index contributed by atoms with van der Waals surface area (Å²) in [5, 5.41) is 0. The number of ether oxygens (including phenoxy) is 2. The summed E-state index contributed by atoms with van der Waals surface area (Å²) in [7, 11) is 1.69. The van der Waals surface area contributed by atoms with E-state index in [2.05, 4.69) is 24.8 Å². The van der Waals surface area contributed by atoms with Crippen molar-refractivity contribution >= 4 is 0 Å². The van der Waals surface area contributed by atoms with Gasteiger partial charge in [-0.05, 0) is 49.9 Å². The molecule has 1 aromatic carbocycles. The van der Waals surface area contributed by atoms with Crippen molar-refractivity contribution in [3.05, 3.63) is 23.8 Å². The lowest BCUT2D eigenvalue weighted by Crippen LogP contribution is -2.37. The van der Waals surface area contributed by atoms with Gasteiger partial charge in [-0.15, -0.1) is 0 Å². The Kier molecular flexibility index (Phi) is 5.08. The summed E-state index contributed by atoms with van der Waals surface area (Å²) >= 11 is 0. The van der Waals surface area contributed by atoms with Crippen molar-refractivity contribution in [2.45, 2.75) is 26.7 Å². The first-order valence-electron chi connectivity index (χ1n) is 7.19. The van der Waals surface area contributed by atoms with E-state index in [4.69, 9.17) is 9.47 Å². The van der Waals surface area contributed by atoms with E-state index in [1.165, 1.54) is 31.5 Å². The van der Waals surface area contributed by atoms with Gasteiger partial charge in [0.1, 0.15) is 6.61 Å². The summed E-state index contributed by atoms with van der Waals surface area (Å²) in [5.74, 6) is 2.49. The lowest BCUT2D eigenvalue weighted by atomic mass is 10.0. The summed E-state index contributed by atoms with van der Waals surface area (Å²) < 4.78 is 11.2. The third-order valence-corrected chi connectivity index (χ3v) is 3.73. The van der Waals surface area contributed by atoms with Crippen LogP contribution in [-0.2, 0) is 0 Å². The maximum Gasteiger partial charge on any atom is 0.161 e. The Morgan fingerprint density at radius 1 is 1.32 bits per heavy atom. The average Bonchev–Trinajstić information content (AvgIpc) is 2.40. The van der Waals surface area contributed by atoms with Crippen molar-refractivity contribution in [3.8, 4) is 11.5 Å². The molecule has 3 nitrogen and oxygen atoms in total. The van der Waals surface area contributed by atoms with Gasteiger partial charge in [0.2, 0.25) is 0 Å². The smallest absolute Gasteiger partial charge is 0.161 e. The highest BCUT2D eigenvalue weighted by molar-refractivity contribution is 5.42. The quantitative estimate of drug-likeness (QED) is 0.814. The Balaban J connectivity index is 1.82. The van der Waals surface area contributed by atoms with Crippen molar-refractivity contribution < 1.29 is 9.47 Å². The molecule has 1 unspecified atom stereocenters. The van der Waals surface area contributed by atoms with E-state index in [1.54, 1.807) is 7.11 Å². The Bertz CT molecular complexity index is 406. The molecule has 1 atom stereocenters. The van der Waals surface area contributed by atoms with Gasteiger partial charge < -0.3 is 9.47 Å². The van der Waals surface area contributed by atoms with Crippen LogP contribution in [-0.4, -0.2) is 38.3 Å². The van der Waals surface area contributed by atoms with Gasteiger partial charge in [0.05, 0.1) is 7.11 Å². The highest BCUT2D eigenvalue weighted by Crippen LogP contribution is 2.27. The van der Waals surface area contributed by atoms with Crippen molar-refractivity contribution in [1.29, 1.82) is 0 Å². The van der Waals surface area contributed by atoms with Crippen LogP contribution >= 0.6 is 0 Å². The normalized spacial score (nSPS) is 20.3. The number of piperidine rings is 1. The van der Waals surface area contributed by atoms with Crippen molar-refractivity contribution in [3.63, 3.8) is 0 Å². The summed E-state index contributed by atoms with van der Waals surface area (Å²) in [4.78, 5) is 2.49. The number of nitrogens with zero attached hydrogens (tertiary/aromatic N) is 1. The fourth-order valence-electron chi connectivity index (χ4n) is 2.67. The highest BCUT2D eigenvalue weighted by atomic mass is 16.5.